The van der Waals surface area contributed by atoms with Crippen LogP contribution < -0.4 is 4.90 Å². The number of amides is 2. The van der Waals surface area contributed by atoms with E-state index in [1.807, 2.05) is 72.8 Å². The lowest BCUT2D eigenvalue weighted by atomic mass is 9.85. The highest BCUT2D eigenvalue weighted by Gasteiger charge is 2.63. The summed E-state index contributed by atoms with van der Waals surface area (Å²) in [7, 11) is 0. The molecule has 0 spiro atoms. The van der Waals surface area contributed by atoms with Gasteiger partial charge in [-0.2, -0.15) is 0 Å². The number of anilines is 1. The molecule has 3 aromatic carbocycles. The van der Waals surface area contributed by atoms with Gasteiger partial charge in [-0.05, 0) is 34.4 Å². The summed E-state index contributed by atoms with van der Waals surface area (Å²) < 4.78 is 0.509. The van der Waals surface area contributed by atoms with Crippen LogP contribution in [0.2, 0.25) is 0 Å². The molecule has 1 heterocycles. The van der Waals surface area contributed by atoms with Crippen molar-refractivity contribution in [1.82, 2.24) is 0 Å². The summed E-state index contributed by atoms with van der Waals surface area (Å²) in [6, 6.07) is 24.4. The number of rotatable bonds is 4. The van der Waals surface area contributed by atoms with Crippen LogP contribution in [0.25, 0.3) is 5.57 Å². The first kappa shape index (κ1) is 21.7. The van der Waals surface area contributed by atoms with Crippen molar-refractivity contribution in [3.8, 4) is 0 Å². The third-order valence-corrected chi connectivity index (χ3v) is 7.70. The molecule has 2 bridgehead atoms. The number of hydrogen-bond acceptors (Lipinski definition) is 4. The van der Waals surface area contributed by atoms with Crippen molar-refractivity contribution in [3.63, 3.8) is 0 Å². The quantitative estimate of drug-likeness (QED) is 0.187. The normalized spacial score (nSPS) is 24.3. The van der Waals surface area contributed by atoms with Gasteiger partial charge < -0.3 is 0 Å². The van der Waals surface area contributed by atoms with Crippen LogP contribution in [0.4, 0.5) is 11.4 Å². The van der Waals surface area contributed by atoms with Crippen LogP contribution in [0, 0.1) is 33.8 Å². The average Bonchev–Trinajstić information content (AvgIpc) is 3.50. The number of nitro benzene ring substituents is 1. The van der Waals surface area contributed by atoms with Crippen molar-refractivity contribution in [1.29, 1.82) is 0 Å². The molecule has 172 valence electrons. The standard InChI is InChI=1S/C28H19BrN2O4/c29-18-11-14-21(22(15-18)31(34)35)30-27(32)25-19-12-13-20(26(25)28(30)33)24(19)23(16-7-3-1-4-8-16)17-9-5-2-6-10-17/h1-15,19-20,25-26H/t19-,20+,25-,26+. The fraction of sp³-hybridized carbons (Fsp3) is 0.143. The zero-order valence-corrected chi connectivity index (χ0v) is 20.0. The summed E-state index contributed by atoms with van der Waals surface area (Å²) in [5.74, 6) is -2.37. The topological polar surface area (TPSA) is 80.5 Å². The molecule has 0 radical (unpaired) electrons. The molecule has 1 saturated heterocycles. The molecular formula is C28H19BrN2O4. The molecule has 6 rings (SSSR count). The van der Waals surface area contributed by atoms with Crippen LogP contribution in [-0.2, 0) is 9.59 Å². The van der Waals surface area contributed by atoms with Gasteiger partial charge in [0.1, 0.15) is 5.69 Å². The fourth-order valence-corrected chi connectivity index (χ4v) is 6.22. The Balaban J connectivity index is 1.49. The van der Waals surface area contributed by atoms with Gasteiger partial charge in [-0.3, -0.25) is 19.7 Å². The van der Waals surface area contributed by atoms with Crippen molar-refractivity contribution in [2.45, 2.75) is 0 Å². The summed E-state index contributed by atoms with van der Waals surface area (Å²) >= 11 is 3.24. The van der Waals surface area contributed by atoms with E-state index in [9.17, 15) is 19.7 Å². The van der Waals surface area contributed by atoms with E-state index in [0.29, 0.717) is 4.47 Å². The largest absolute Gasteiger partial charge is 0.294 e. The molecule has 2 fully saturated rings. The molecule has 0 N–H and O–H groups in total. The molecule has 1 aliphatic heterocycles. The average molecular weight is 527 g/mol. The molecule has 3 aromatic rings. The Morgan fingerprint density at radius 2 is 1.31 bits per heavy atom. The predicted octanol–water partition coefficient (Wildman–Crippen LogP) is 5.78. The number of nitro groups is 1. The Bertz CT molecular complexity index is 1370. The summed E-state index contributed by atoms with van der Waals surface area (Å²) in [4.78, 5) is 39.6. The van der Waals surface area contributed by atoms with Crippen LogP contribution >= 0.6 is 15.9 Å². The number of halogens is 1. The summed E-state index contributed by atoms with van der Waals surface area (Å²) in [5, 5.41) is 11.7. The molecule has 3 aliphatic rings. The Morgan fingerprint density at radius 3 is 1.80 bits per heavy atom. The van der Waals surface area contributed by atoms with E-state index >= 15 is 0 Å². The van der Waals surface area contributed by atoms with Gasteiger partial charge in [0.2, 0.25) is 11.8 Å². The lowest BCUT2D eigenvalue weighted by Crippen LogP contribution is -2.33. The smallest absolute Gasteiger partial charge is 0.274 e. The third-order valence-electron chi connectivity index (χ3n) is 7.20. The predicted molar refractivity (Wildman–Crippen MR) is 135 cm³/mol. The first-order valence-corrected chi connectivity index (χ1v) is 12.1. The van der Waals surface area contributed by atoms with E-state index in [0.717, 1.165) is 27.2 Å². The Kier molecular flexibility index (Phi) is 5.04. The Morgan fingerprint density at radius 1 is 0.800 bits per heavy atom. The number of allylic oxidation sites excluding steroid dienone is 3. The summed E-state index contributed by atoms with van der Waals surface area (Å²) in [6.07, 6.45) is 4.05. The second kappa shape index (κ2) is 8.13. The van der Waals surface area contributed by atoms with Crippen molar-refractivity contribution < 1.29 is 14.5 Å². The highest BCUT2D eigenvalue weighted by Crippen LogP contribution is 2.59. The summed E-state index contributed by atoms with van der Waals surface area (Å²) in [5.41, 5.74) is 3.94. The molecule has 35 heavy (non-hydrogen) atoms. The number of nitrogens with zero attached hydrogens (tertiary/aromatic N) is 2. The fourth-order valence-electron chi connectivity index (χ4n) is 5.88. The van der Waals surface area contributed by atoms with Crippen LogP contribution in [-0.4, -0.2) is 16.7 Å². The van der Waals surface area contributed by atoms with E-state index < -0.39 is 16.8 Å². The van der Waals surface area contributed by atoms with Crippen molar-refractivity contribution in [2.75, 3.05) is 4.90 Å². The lowest BCUT2D eigenvalue weighted by Gasteiger charge is -2.21. The highest BCUT2D eigenvalue weighted by atomic mass is 79.9. The number of imide groups is 1. The zero-order valence-electron chi connectivity index (χ0n) is 18.4. The van der Waals surface area contributed by atoms with Crippen molar-refractivity contribution in [2.24, 2.45) is 23.7 Å². The van der Waals surface area contributed by atoms with Gasteiger partial charge in [0.15, 0.2) is 0 Å². The van der Waals surface area contributed by atoms with Gasteiger partial charge >= 0.3 is 0 Å². The monoisotopic (exact) mass is 526 g/mol. The molecule has 2 amide bonds. The second-order valence-electron chi connectivity index (χ2n) is 8.95. The first-order valence-electron chi connectivity index (χ1n) is 11.3. The molecular weight excluding hydrogens is 508 g/mol. The molecule has 0 aromatic heterocycles. The Hall–Kier alpha value is -3.84. The molecule has 1 saturated carbocycles. The molecule has 0 unspecified atom stereocenters. The van der Waals surface area contributed by atoms with Gasteiger partial charge in [0.25, 0.3) is 5.69 Å². The van der Waals surface area contributed by atoms with Gasteiger partial charge in [0.05, 0.1) is 16.8 Å². The number of carbonyl (C=O) groups is 2. The maximum Gasteiger partial charge on any atom is 0.294 e. The molecule has 4 atom stereocenters. The number of fused-ring (bicyclic) bond motifs is 5. The van der Waals surface area contributed by atoms with E-state index in [4.69, 9.17) is 0 Å². The van der Waals surface area contributed by atoms with Gasteiger partial charge in [-0.25, -0.2) is 4.90 Å². The zero-order chi connectivity index (χ0) is 24.3. The van der Waals surface area contributed by atoms with Crippen LogP contribution in [0.15, 0.2) is 101 Å². The molecule has 2 aliphatic carbocycles. The van der Waals surface area contributed by atoms with Gasteiger partial charge in [-0.1, -0.05) is 88.7 Å². The van der Waals surface area contributed by atoms with E-state index in [2.05, 4.69) is 15.9 Å². The molecule has 7 heteroatoms. The van der Waals surface area contributed by atoms with Crippen LogP contribution in [0.1, 0.15) is 11.1 Å². The van der Waals surface area contributed by atoms with Crippen LogP contribution in [0.3, 0.4) is 0 Å². The lowest BCUT2D eigenvalue weighted by molar-refractivity contribution is -0.384. The maximum absolute atomic E-state index is 13.7. The van der Waals surface area contributed by atoms with E-state index in [-0.39, 0.29) is 35.0 Å². The first-order chi connectivity index (χ1) is 17.0. The SMILES string of the molecule is O=C1[C@@H]2[C@H](C(=O)N1c1ccc(Br)cc1[N+](=O)[O-])[C@@H]1C=C[C@H]2C1=C(c1ccccc1)c1ccccc1. The van der Waals surface area contributed by atoms with Gasteiger partial charge in [0, 0.05) is 22.4 Å². The second-order valence-corrected chi connectivity index (χ2v) is 9.87. The number of benzene rings is 3. The maximum atomic E-state index is 13.7. The van der Waals surface area contributed by atoms with Crippen molar-refractivity contribution >= 4 is 44.7 Å². The minimum absolute atomic E-state index is 0.0267. The van der Waals surface area contributed by atoms with Crippen molar-refractivity contribution in [3.05, 3.63) is 122 Å². The van der Waals surface area contributed by atoms with Gasteiger partial charge in [-0.15, -0.1) is 0 Å². The number of hydrogen-bond donors (Lipinski definition) is 0. The summed E-state index contributed by atoms with van der Waals surface area (Å²) in [6.45, 7) is 0. The van der Waals surface area contributed by atoms with E-state index in [1.54, 1.807) is 6.07 Å². The van der Waals surface area contributed by atoms with Crippen LogP contribution in [0.5, 0.6) is 0 Å². The molecule has 6 nitrogen and oxygen atoms in total. The minimum atomic E-state index is -0.571. The third kappa shape index (κ3) is 3.22. The Labute approximate surface area is 209 Å². The number of carbonyl (C=O) groups excluding carboxylic acids is 2. The highest BCUT2D eigenvalue weighted by molar-refractivity contribution is 9.10. The van der Waals surface area contributed by atoms with E-state index in [1.165, 1.54) is 12.1 Å². The minimum Gasteiger partial charge on any atom is -0.274 e.